The summed E-state index contributed by atoms with van der Waals surface area (Å²) >= 11 is 0. The first-order valence-corrected chi connectivity index (χ1v) is 12.2. The maximum Gasteiger partial charge on any atom is 0.229 e. The fraction of sp³-hybridized carbons (Fsp3) is 0.423. The number of aromatic hydroxyl groups is 3. The van der Waals surface area contributed by atoms with Gasteiger partial charge >= 0.3 is 0 Å². The number of ketones is 1. The molecule has 14 nitrogen and oxygen atoms in total. The van der Waals surface area contributed by atoms with E-state index in [4.69, 9.17) is 18.9 Å². The van der Waals surface area contributed by atoms with Crippen molar-refractivity contribution in [3.8, 4) is 23.0 Å². The first-order valence-electron chi connectivity index (χ1n) is 12.2. The molecule has 4 rings (SSSR count). The third-order valence-electron chi connectivity index (χ3n) is 6.48. The first-order chi connectivity index (χ1) is 19.0. The van der Waals surface area contributed by atoms with E-state index < -0.39 is 73.4 Å². The molecule has 218 valence electrons. The van der Waals surface area contributed by atoms with Crippen molar-refractivity contribution in [1.29, 1.82) is 0 Å². The molecular weight excluding hydrogens is 536 g/mol. The molecule has 0 bridgehead atoms. The first kappa shape index (κ1) is 29.7. The van der Waals surface area contributed by atoms with Crippen molar-refractivity contribution in [3.05, 3.63) is 53.6 Å². The van der Waals surface area contributed by atoms with E-state index in [-0.39, 0.29) is 29.4 Å². The molecule has 9 N–H and O–H groups in total. The number of benzene rings is 2. The van der Waals surface area contributed by atoms with E-state index in [1.807, 2.05) is 0 Å². The van der Waals surface area contributed by atoms with Crippen molar-refractivity contribution < 1.29 is 69.7 Å². The van der Waals surface area contributed by atoms with Crippen LogP contribution in [-0.4, -0.2) is 120 Å². The van der Waals surface area contributed by atoms with E-state index in [2.05, 4.69) is 0 Å². The van der Waals surface area contributed by atoms with Crippen molar-refractivity contribution in [2.75, 3.05) is 13.2 Å². The predicted molar refractivity (Wildman–Crippen MR) is 132 cm³/mol. The third-order valence-corrected chi connectivity index (χ3v) is 6.48. The second kappa shape index (κ2) is 12.5. The van der Waals surface area contributed by atoms with Gasteiger partial charge in [0.2, 0.25) is 6.29 Å². The summed E-state index contributed by atoms with van der Waals surface area (Å²) in [5, 5.41) is 89.8. The molecule has 9 atom stereocenters. The van der Waals surface area contributed by atoms with Gasteiger partial charge in [-0.15, -0.1) is 0 Å². The Balaban J connectivity index is 1.41. The van der Waals surface area contributed by atoms with Crippen molar-refractivity contribution in [3.63, 3.8) is 0 Å². The fourth-order valence-corrected chi connectivity index (χ4v) is 4.20. The minimum absolute atomic E-state index is 0.0584. The molecule has 2 aliphatic rings. The van der Waals surface area contributed by atoms with E-state index in [1.165, 1.54) is 36.4 Å². The van der Waals surface area contributed by atoms with Gasteiger partial charge in [-0.1, -0.05) is 12.1 Å². The minimum atomic E-state index is -1.75. The summed E-state index contributed by atoms with van der Waals surface area (Å²) in [5.74, 6) is -1.81. The van der Waals surface area contributed by atoms with Crippen LogP contribution in [0.5, 0.6) is 23.0 Å². The third kappa shape index (κ3) is 6.36. The summed E-state index contributed by atoms with van der Waals surface area (Å²) in [4.78, 5) is 12.5. The molecule has 0 saturated carbocycles. The Labute approximate surface area is 227 Å². The summed E-state index contributed by atoms with van der Waals surface area (Å²) < 4.78 is 21.7. The van der Waals surface area contributed by atoms with Gasteiger partial charge in [0.15, 0.2) is 23.6 Å². The molecule has 0 aromatic heterocycles. The van der Waals surface area contributed by atoms with Crippen LogP contribution in [0.25, 0.3) is 6.08 Å². The Bertz CT molecular complexity index is 1220. The average molecular weight is 567 g/mol. The Hall–Kier alpha value is -3.31. The van der Waals surface area contributed by atoms with Crippen molar-refractivity contribution in [2.45, 2.75) is 55.3 Å². The number of hydrogen-bond donors (Lipinski definition) is 9. The van der Waals surface area contributed by atoms with Gasteiger partial charge in [0, 0.05) is 6.07 Å². The normalized spacial score (nSPS) is 32.7. The van der Waals surface area contributed by atoms with Gasteiger partial charge in [-0.05, 0) is 35.9 Å². The van der Waals surface area contributed by atoms with Crippen LogP contribution in [0.4, 0.5) is 0 Å². The van der Waals surface area contributed by atoms with Crippen molar-refractivity contribution >= 4 is 11.9 Å². The second-order valence-electron chi connectivity index (χ2n) is 9.30. The van der Waals surface area contributed by atoms with E-state index in [1.54, 1.807) is 0 Å². The number of carbonyl (C=O) groups excluding carboxylic acids is 1. The zero-order chi connectivity index (χ0) is 29.1. The molecule has 0 spiro atoms. The largest absolute Gasteiger partial charge is 0.507 e. The van der Waals surface area contributed by atoms with Crippen LogP contribution in [0.15, 0.2) is 42.5 Å². The van der Waals surface area contributed by atoms with Gasteiger partial charge in [-0.2, -0.15) is 0 Å². The van der Waals surface area contributed by atoms with E-state index in [9.17, 15) is 50.8 Å². The highest BCUT2D eigenvalue weighted by molar-refractivity contribution is 6.08. The summed E-state index contributed by atoms with van der Waals surface area (Å²) in [5.41, 5.74) is 0.320. The lowest BCUT2D eigenvalue weighted by molar-refractivity contribution is -0.339. The number of ether oxygens (including phenoxy) is 4. The topological polar surface area (TPSA) is 236 Å². The number of carbonyl (C=O) groups is 1. The summed E-state index contributed by atoms with van der Waals surface area (Å²) in [6, 6.07) is 7.57. The highest BCUT2D eigenvalue weighted by atomic mass is 16.7. The van der Waals surface area contributed by atoms with Crippen LogP contribution >= 0.6 is 0 Å². The zero-order valence-corrected chi connectivity index (χ0v) is 20.8. The molecule has 2 aromatic rings. The van der Waals surface area contributed by atoms with E-state index in [0.717, 1.165) is 12.1 Å². The molecule has 2 heterocycles. The monoisotopic (exact) mass is 566 g/mol. The van der Waals surface area contributed by atoms with Crippen molar-refractivity contribution in [1.82, 2.24) is 0 Å². The molecule has 0 radical (unpaired) electrons. The molecule has 9 unspecified atom stereocenters. The fourth-order valence-electron chi connectivity index (χ4n) is 4.20. The molecule has 40 heavy (non-hydrogen) atoms. The molecule has 2 aromatic carbocycles. The van der Waals surface area contributed by atoms with Crippen LogP contribution in [0.3, 0.4) is 0 Å². The van der Waals surface area contributed by atoms with Gasteiger partial charge in [-0.25, -0.2) is 0 Å². The zero-order valence-electron chi connectivity index (χ0n) is 20.8. The molecular formula is C26H30O14. The highest BCUT2D eigenvalue weighted by Gasteiger charge is 2.49. The van der Waals surface area contributed by atoms with Crippen LogP contribution in [-0.2, 0) is 14.2 Å². The Kier molecular flexibility index (Phi) is 9.25. The molecule has 0 aliphatic carbocycles. The summed E-state index contributed by atoms with van der Waals surface area (Å²) in [6.45, 7) is -1.09. The number of aliphatic hydroxyl groups is 6. The maximum absolute atomic E-state index is 12.5. The Morgan fingerprint density at radius 1 is 0.875 bits per heavy atom. The van der Waals surface area contributed by atoms with Crippen LogP contribution in [0.1, 0.15) is 15.9 Å². The molecule has 2 saturated heterocycles. The number of phenols is 3. The van der Waals surface area contributed by atoms with Gasteiger partial charge in [0.05, 0.1) is 18.8 Å². The van der Waals surface area contributed by atoms with Crippen molar-refractivity contribution in [2.24, 2.45) is 0 Å². The number of phenolic OH excluding ortho intramolecular Hbond substituents is 3. The average Bonchev–Trinajstić information content (AvgIpc) is 2.93. The van der Waals surface area contributed by atoms with Crippen LogP contribution in [0.2, 0.25) is 0 Å². The van der Waals surface area contributed by atoms with Crippen LogP contribution < -0.4 is 4.74 Å². The van der Waals surface area contributed by atoms with E-state index >= 15 is 0 Å². The summed E-state index contributed by atoms with van der Waals surface area (Å²) in [7, 11) is 0. The van der Waals surface area contributed by atoms with Gasteiger partial charge in [0.1, 0.15) is 54.2 Å². The molecule has 2 fully saturated rings. The standard InChI is InChI=1S/C26H30O14/c27-9-19-24(40-25-22(35)20(33)18(32)10-37-25)21(34)23(36)26(39-19)38-12-3-4-13(16(30)8-12)14(28)5-1-11-2-6-15(29)17(31)7-11/h1-8,18-27,29-36H,9-10H2. The van der Waals surface area contributed by atoms with E-state index in [0.29, 0.717) is 5.56 Å². The lowest BCUT2D eigenvalue weighted by atomic mass is 9.98. The lowest BCUT2D eigenvalue weighted by Gasteiger charge is -2.44. The smallest absolute Gasteiger partial charge is 0.229 e. The quantitative estimate of drug-likeness (QED) is 0.0988. The minimum Gasteiger partial charge on any atom is -0.507 e. The van der Waals surface area contributed by atoms with Gasteiger partial charge in [0.25, 0.3) is 0 Å². The molecule has 2 aliphatic heterocycles. The number of allylic oxidation sites excluding steroid dienone is 1. The lowest BCUT2D eigenvalue weighted by Crippen LogP contribution is -2.63. The van der Waals surface area contributed by atoms with Crippen LogP contribution in [0, 0.1) is 0 Å². The molecule has 14 heteroatoms. The van der Waals surface area contributed by atoms with Gasteiger partial charge in [-0.3, -0.25) is 4.79 Å². The number of hydrogen-bond acceptors (Lipinski definition) is 14. The maximum atomic E-state index is 12.5. The Morgan fingerprint density at radius 2 is 1.60 bits per heavy atom. The Morgan fingerprint density at radius 3 is 2.27 bits per heavy atom. The predicted octanol–water partition coefficient (Wildman–Crippen LogP) is -1.66. The number of rotatable bonds is 8. The highest BCUT2D eigenvalue weighted by Crippen LogP contribution is 2.31. The molecule has 0 amide bonds. The number of aliphatic hydroxyl groups excluding tert-OH is 6. The second-order valence-corrected chi connectivity index (χ2v) is 9.30. The SMILES string of the molecule is O=C(C=Cc1ccc(O)c(O)c1)c1ccc(OC2OC(CO)C(OC3OCC(O)C(O)C3O)C(O)C2O)cc1O. The summed E-state index contributed by atoms with van der Waals surface area (Å²) in [6.07, 6.45) is -11.4. The van der Waals surface area contributed by atoms with Gasteiger partial charge < -0.3 is 64.9 Å².